The Hall–Kier alpha value is -0.0800. The summed E-state index contributed by atoms with van der Waals surface area (Å²) >= 11 is 0. The first-order chi connectivity index (χ1) is 6.29. The number of rotatable bonds is 3. The van der Waals surface area contributed by atoms with Gasteiger partial charge in [-0.25, -0.2) is 0 Å². The van der Waals surface area contributed by atoms with Gasteiger partial charge in [-0.1, -0.05) is 0 Å². The summed E-state index contributed by atoms with van der Waals surface area (Å²) in [6.07, 6.45) is 3.00. The summed E-state index contributed by atoms with van der Waals surface area (Å²) in [6.45, 7) is 8.60. The van der Waals surface area contributed by atoms with E-state index in [1.165, 1.54) is 12.8 Å². The zero-order valence-electron chi connectivity index (χ0n) is 10.5. The SMILES string of the molecule is C[C@@H](OC(C)(C)C)C1CC(N(C)C)C1. The van der Waals surface area contributed by atoms with E-state index in [4.69, 9.17) is 4.74 Å². The Morgan fingerprint density at radius 1 is 1.21 bits per heavy atom. The van der Waals surface area contributed by atoms with Gasteiger partial charge in [0.05, 0.1) is 11.7 Å². The fraction of sp³-hybridized carbons (Fsp3) is 1.00. The van der Waals surface area contributed by atoms with Gasteiger partial charge in [-0.15, -0.1) is 0 Å². The lowest BCUT2D eigenvalue weighted by Gasteiger charge is -2.44. The topological polar surface area (TPSA) is 12.5 Å². The third-order valence-electron chi connectivity index (χ3n) is 3.08. The molecule has 0 aromatic rings. The van der Waals surface area contributed by atoms with E-state index >= 15 is 0 Å². The molecule has 1 fully saturated rings. The van der Waals surface area contributed by atoms with E-state index in [9.17, 15) is 0 Å². The maximum atomic E-state index is 5.95. The van der Waals surface area contributed by atoms with Crippen molar-refractivity contribution in [3.8, 4) is 0 Å². The predicted molar refractivity (Wildman–Crippen MR) is 60.5 cm³/mol. The Labute approximate surface area is 88.6 Å². The van der Waals surface area contributed by atoms with Crippen LogP contribution in [0.5, 0.6) is 0 Å². The van der Waals surface area contributed by atoms with Crippen LogP contribution in [0.15, 0.2) is 0 Å². The molecule has 0 heterocycles. The molecular weight excluding hydrogens is 174 g/mol. The molecule has 1 aliphatic rings. The minimum absolute atomic E-state index is 0.00260. The minimum Gasteiger partial charge on any atom is -0.373 e. The van der Waals surface area contributed by atoms with E-state index < -0.39 is 0 Å². The Morgan fingerprint density at radius 3 is 2.07 bits per heavy atom. The molecule has 1 aliphatic carbocycles. The molecule has 0 aromatic heterocycles. The van der Waals surface area contributed by atoms with Crippen LogP contribution in [0.1, 0.15) is 40.5 Å². The third kappa shape index (κ3) is 3.25. The van der Waals surface area contributed by atoms with Crippen LogP contribution in [0.2, 0.25) is 0 Å². The first-order valence-electron chi connectivity index (χ1n) is 5.64. The smallest absolute Gasteiger partial charge is 0.0602 e. The van der Waals surface area contributed by atoms with Crippen molar-refractivity contribution >= 4 is 0 Å². The molecule has 14 heavy (non-hydrogen) atoms. The van der Waals surface area contributed by atoms with Crippen molar-refractivity contribution in [1.82, 2.24) is 4.90 Å². The lowest BCUT2D eigenvalue weighted by atomic mass is 9.76. The lowest BCUT2D eigenvalue weighted by molar-refractivity contribution is -0.102. The highest BCUT2D eigenvalue weighted by molar-refractivity contribution is 4.88. The molecule has 0 radical (unpaired) electrons. The van der Waals surface area contributed by atoms with Gasteiger partial charge in [0.25, 0.3) is 0 Å². The highest BCUT2D eigenvalue weighted by Gasteiger charge is 2.35. The van der Waals surface area contributed by atoms with E-state index in [-0.39, 0.29) is 5.60 Å². The van der Waals surface area contributed by atoms with Crippen LogP contribution in [-0.4, -0.2) is 36.7 Å². The van der Waals surface area contributed by atoms with Crippen LogP contribution < -0.4 is 0 Å². The van der Waals surface area contributed by atoms with E-state index in [1.807, 2.05) is 0 Å². The summed E-state index contributed by atoms with van der Waals surface area (Å²) in [6, 6.07) is 0.783. The monoisotopic (exact) mass is 199 g/mol. The van der Waals surface area contributed by atoms with Crippen molar-refractivity contribution in [1.29, 1.82) is 0 Å². The van der Waals surface area contributed by atoms with Gasteiger partial charge in [0, 0.05) is 6.04 Å². The van der Waals surface area contributed by atoms with E-state index in [0.29, 0.717) is 6.10 Å². The second kappa shape index (κ2) is 4.19. The summed E-state index contributed by atoms with van der Waals surface area (Å²) in [7, 11) is 4.33. The molecule has 2 heteroatoms. The Morgan fingerprint density at radius 2 is 1.71 bits per heavy atom. The molecule has 1 rings (SSSR count). The van der Waals surface area contributed by atoms with Gasteiger partial charge in [0.2, 0.25) is 0 Å². The fourth-order valence-electron chi connectivity index (χ4n) is 2.09. The van der Waals surface area contributed by atoms with Crippen molar-refractivity contribution in [3.63, 3.8) is 0 Å². The van der Waals surface area contributed by atoms with Gasteiger partial charge in [-0.2, -0.15) is 0 Å². The Kier molecular flexibility index (Phi) is 3.59. The summed E-state index contributed by atoms with van der Waals surface area (Å²) < 4.78 is 5.95. The second-order valence-corrected chi connectivity index (χ2v) is 5.78. The molecule has 0 spiro atoms. The zero-order chi connectivity index (χ0) is 10.9. The highest BCUT2D eigenvalue weighted by Crippen LogP contribution is 2.35. The van der Waals surface area contributed by atoms with Gasteiger partial charge in [-0.05, 0) is 60.5 Å². The van der Waals surface area contributed by atoms with Crippen molar-refractivity contribution < 1.29 is 4.74 Å². The summed E-state index contributed by atoms with van der Waals surface area (Å²) in [5, 5.41) is 0. The number of nitrogens with zero attached hydrogens (tertiary/aromatic N) is 1. The number of hydrogen-bond donors (Lipinski definition) is 0. The quantitative estimate of drug-likeness (QED) is 0.692. The molecular formula is C12H25NO. The maximum absolute atomic E-state index is 5.95. The van der Waals surface area contributed by atoms with Gasteiger partial charge in [-0.3, -0.25) is 0 Å². The van der Waals surface area contributed by atoms with Crippen LogP contribution in [0.4, 0.5) is 0 Å². The Balaban J connectivity index is 2.26. The summed E-state index contributed by atoms with van der Waals surface area (Å²) in [5.41, 5.74) is 0.00260. The molecule has 84 valence electrons. The molecule has 1 atom stereocenters. The van der Waals surface area contributed by atoms with Crippen LogP contribution in [0.3, 0.4) is 0 Å². The average Bonchev–Trinajstić information content (AvgIpc) is 1.75. The largest absolute Gasteiger partial charge is 0.373 e. The van der Waals surface area contributed by atoms with Gasteiger partial charge in [0.1, 0.15) is 0 Å². The van der Waals surface area contributed by atoms with Gasteiger partial charge >= 0.3 is 0 Å². The van der Waals surface area contributed by atoms with Crippen LogP contribution >= 0.6 is 0 Å². The molecule has 0 aromatic carbocycles. The lowest BCUT2D eigenvalue weighted by Crippen LogP contribution is -2.46. The van der Waals surface area contributed by atoms with E-state index in [0.717, 1.165) is 12.0 Å². The van der Waals surface area contributed by atoms with Crippen molar-refractivity contribution in [3.05, 3.63) is 0 Å². The first-order valence-corrected chi connectivity index (χ1v) is 5.64. The molecule has 1 saturated carbocycles. The van der Waals surface area contributed by atoms with Crippen LogP contribution in [0.25, 0.3) is 0 Å². The molecule has 0 bridgehead atoms. The highest BCUT2D eigenvalue weighted by atomic mass is 16.5. The van der Waals surface area contributed by atoms with Gasteiger partial charge in [0.15, 0.2) is 0 Å². The van der Waals surface area contributed by atoms with E-state index in [1.54, 1.807) is 0 Å². The minimum atomic E-state index is 0.00260. The molecule has 0 unspecified atom stereocenters. The van der Waals surface area contributed by atoms with Gasteiger partial charge < -0.3 is 9.64 Å². The second-order valence-electron chi connectivity index (χ2n) is 5.78. The summed E-state index contributed by atoms with van der Waals surface area (Å²) in [4.78, 5) is 2.32. The van der Waals surface area contributed by atoms with Crippen molar-refractivity contribution in [2.24, 2.45) is 5.92 Å². The molecule has 0 aliphatic heterocycles. The standard InChI is InChI=1S/C12H25NO/c1-9(14-12(2,3)4)10-7-11(8-10)13(5)6/h9-11H,7-8H2,1-6H3/t9-,10?,11?/m1/s1. The molecule has 2 nitrogen and oxygen atoms in total. The molecule has 0 amide bonds. The molecule has 0 saturated heterocycles. The van der Waals surface area contributed by atoms with Crippen molar-refractivity contribution in [2.45, 2.75) is 58.3 Å². The fourth-order valence-corrected chi connectivity index (χ4v) is 2.09. The first kappa shape index (κ1) is 12.0. The summed E-state index contributed by atoms with van der Waals surface area (Å²) in [5.74, 6) is 0.765. The van der Waals surface area contributed by atoms with Crippen molar-refractivity contribution in [2.75, 3.05) is 14.1 Å². The Bertz CT molecular complexity index is 177. The normalized spacial score (nSPS) is 30.2. The van der Waals surface area contributed by atoms with E-state index in [2.05, 4.69) is 46.7 Å². The predicted octanol–water partition coefficient (Wildman–Crippen LogP) is 2.53. The zero-order valence-corrected chi connectivity index (χ0v) is 10.5. The average molecular weight is 199 g/mol. The number of hydrogen-bond acceptors (Lipinski definition) is 2. The third-order valence-corrected chi connectivity index (χ3v) is 3.08. The maximum Gasteiger partial charge on any atom is 0.0602 e. The van der Waals surface area contributed by atoms with Crippen LogP contribution in [0, 0.1) is 5.92 Å². The number of ether oxygens (including phenoxy) is 1. The van der Waals surface area contributed by atoms with Crippen LogP contribution in [-0.2, 0) is 4.74 Å². The molecule has 0 N–H and O–H groups in total.